The van der Waals surface area contributed by atoms with Crippen LogP contribution < -0.4 is 11.2 Å². The highest BCUT2D eigenvalue weighted by atomic mass is 35.5. The third kappa shape index (κ3) is 5.12. The number of aromatic nitrogens is 5. The van der Waals surface area contributed by atoms with E-state index in [-0.39, 0.29) is 29.7 Å². The van der Waals surface area contributed by atoms with E-state index in [0.717, 1.165) is 37.6 Å². The first-order valence-corrected chi connectivity index (χ1v) is 10.8. The minimum absolute atomic E-state index is 0. The number of carbonyl (C=O) groups excluding carboxylic acids is 1. The van der Waals surface area contributed by atoms with Gasteiger partial charge in [0.05, 0.1) is 11.4 Å². The zero-order chi connectivity index (χ0) is 21.8. The van der Waals surface area contributed by atoms with Crippen molar-refractivity contribution in [1.82, 2.24) is 40.5 Å². The van der Waals surface area contributed by atoms with E-state index in [1.54, 1.807) is 11.3 Å². The summed E-state index contributed by atoms with van der Waals surface area (Å²) in [6.45, 7) is 9.09. The van der Waals surface area contributed by atoms with Crippen molar-refractivity contribution in [2.24, 2.45) is 5.10 Å². The van der Waals surface area contributed by atoms with Crippen molar-refractivity contribution in [1.29, 1.82) is 0 Å². The van der Waals surface area contributed by atoms with Crippen molar-refractivity contribution >= 4 is 41.2 Å². The summed E-state index contributed by atoms with van der Waals surface area (Å²) in [5.74, 6) is -0.188. The van der Waals surface area contributed by atoms with Crippen LogP contribution in [0.1, 0.15) is 34.9 Å². The fourth-order valence-electron chi connectivity index (χ4n) is 3.33. The molecule has 1 fully saturated rings. The van der Waals surface area contributed by atoms with Crippen molar-refractivity contribution in [3.05, 3.63) is 33.8 Å². The number of nitrogen functional groups attached to an aromatic ring is 1. The molecule has 3 aromatic rings. The Morgan fingerprint density at radius 2 is 2.03 bits per heavy atom. The molecule has 1 amide bonds. The first kappa shape index (κ1) is 23.8. The molecule has 3 aromatic heterocycles. The monoisotopic (exact) mass is 480 g/mol. The molecular weight excluding hydrogens is 456 g/mol. The molecule has 14 heteroatoms. The van der Waals surface area contributed by atoms with E-state index in [9.17, 15) is 4.79 Å². The van der Waals surface area contributed by atoms with E-state index >= 15 is 0 Å². The van der Waals surface area contributed by atoms with E-state index in [2.05, 4.69) is 47.9 Å². The average Bonchev–Trinajstić information content (AvgIpc) is 3.53. The summed E-state index contributed by atoms with van der Waals surface area (Å²) in [5, 5.41) is 21.7. The maximum absolute atomic E-state index is 12.9. The number of nitrogens with one attached hydrogen (secondary N) is 1. The topological polar surface area (TPSA) is 144 Å². The minimum atomic E-state index is -0.459. The lowest BCUT2D eigenvalue weighted by Gasteiger charge is -2.33. The highest BCUT2D eigenvalue weighted by Gasteiger charge is 2.27. The van der Waals surface area contributed by atoms with Gasteiger partial charge in [-0.25, -0.2) is 10.1 Å². The molecule has 4 heterocycles. The van der Waals surface area contributed by atoms with Crippen LogP contribution in [0.25, 0.3) is 5.82 Å². The van der Waals surface area contributed by atoms with Gasteiger partial charge in [-0.1, -0.05) is 18.2 Å². The maximum Gasteiger partial charge on any atom is 0.293 e. The summed E-state index contributed by atoms with van der Waals surface area (Å²) in [4.78, 5) is 18.5. The molecular formula is C18H25ClN10O2S. The molecule has 1 saturated heterocycles. The number of likely N-dealkylation sites (N-methyl/N-ethyl adjacent to an activating group) is 1. The number of hydrogen-bond acceptors (Lipinski definition) is 11. The quantitative estimate of drug-likeness (QED) is 0.373. The summed E-state index contributed by atoms with van der Waals surface area (Å²) in [6, 6.07) is 3.87. The van der Waals surface area contributed by atoms with Crippen LogP contribution in [0.4, 0.5) is 5.82 Å². The molecule has 1 aliphatic heterocycles. The summed E-state index contributed by atoms with van der Waals surface area (Å²) >= 11 is 1.55. The van der Waals surface area contributed by atoms with Gasteiger partial charge in [-0.05, 0) is 35.2 Å². The highest BCUT2D eigenvalue weighted by molar-refractivity contribution is 7.12. The third-order valence-electron chi connectivity index (χ3n) is 5.16. The van der Waals surface area contributed by atoms with Gasteiger partial charge in [-0.2, -0.15) is 9.78 Å². The Labute approximate surface area is 194 Å². The lowest BCUT2D eigenvalue weighted by atomic mass is 10.2. The van der Waals surface area contributed by atoms with E-state index in [0.29, 0.717) is 18.0 Å². The maximum atomic E-state index is 12.9. The Bertz CT molecular complexity index is 1060. The zero-order valence-electron chi connectivity index (χ0n) is 17.8. The predicted octanol–water partition coefficient (Wildman–Crippen LogP) is 1.01. The molecule has 32 heavy (non-hydrogen) atoms. The number of nitrogens with two attached hydrogens (primary N) is 1. The largest absolute Gasteiger partial charge is 0.378 e. The summed E-state index contributed by atoms with van der Waals surface area (Å²) in [5.41, 5.74) is 9.84. The van der Waals surface area contributed by atoms with Gasteiger partial charge in [0, 0.05) is 37.6 Å². The van der Waals surface area contributed by atoms with Crippen LogP contribution >= 0.6 is 23.7 Å². The number of hydrazone groups is 1. The Morgan fingerprint density at radius 1 is 1.28 bits per heavy atom. The molecule has 0 aromatic carbocycles. The summed E-state index contributed by atoms with van der Waals surface area (Å²) in [6.07, 6.45) is 0. The molecule has 4 rings (SSSR count). The normalized spacial score (nSPS) is 15.5. The summed E-state index contributed by atoms with van der Waals surface area (Å²) in [7, 11) is 0. The first-order valence-electron chi connectivity index (χ1n) is 9.93. The van der Waals surface area contributed by atoms with Gasteiger partial charge in [-0.15, -0.1) is 28.8 Å². The molecule has 0 bridgehead atoms. The van der Waals surface area contributed by atoms with Crippen molar-refractivity contribution in [2.45, 2.75) is 20.4 Å². The number of amides is 1. The van der Waals surface area contributed by atoms with Gasteiger partial charge >= 0.3 is 0 Å². The molecule has 0 aliphatic carbocycles. The van der Waals surface area contributed by atoms with Gasteiger partial charge in [0.1, 0.15) is 0 Å². The van der Waals surface area contributed by atoms with Crippen LogP contribution in [-0.2, 0) is 6.54 Å². The molecule has 0 unspecified atom stereocenters. The number of carbonyl (C=O) groups is 1. The molecule has 0 radical (unpaired) electrons. The number of piperazine rings is 1. The SMILES string of the molecule is CCN1CCN(Cc2c(C(=O)N/N=C(/C)c3cccs3)nnn2-c2nonc2N)CC1.Cl. The Kier molecular flexibility index (Phi) is 7.90. The number of rotatable bonds is 7. The number of nitrogens with zero attached hydrogens (tertiary/aromatic N) is 8. The molecule has 1 aliphatic rings. The number of halogens is 1. The van der Waals surface area contributed by atoms with Gasteiger partial charge in [0.15, 0.2) is 5.69 Å². The van der Waals surface area contributed by atoms with E-state index in [1.165, 1.54) is 4.68 Å². The van der Waals surface area contributed by atoms with Crippen LogP contribution in [0.2, 0.25) is 0 Å². The minimum Gasteiger partial charge on any atom is -0.378 e. The van der Waals surface area contributed by atoms with Crippen LogP contribution in [0.15, 0.2) is 27.2 Å². The molecule has 0 spiro atoms. The zero-order valence-corrected chi connectivity index (χ0v) is 19.4. The molecule has 3 N–H and O–H groups in total. The lowest BCUT2D eigenvalue weighted by Crippen LogP contribution is -2.46. The van der Waals surface area contributed by atoms with Gasteiger partial charge in [0.2, 0.25) is 11.6 Å². The Balaban J connectivity index is 0.00000289. The first-order chi connectivity index (χ1) is 15.1. The fourth-order valence-corrected chi connectivity index (χ4v) is 4.01. The van der Waals surface area contributed by atoms with Crippen LogP contribution in [0.3, 0.4) is 0 Å². The summed E-state index contributed by atoms with van der Waals surface area (Å²) < 4.78 is 6.11. The van der Waals surface area contributed by atoms with Crippen molar-refractivity contribution in [3.8, 4) is 5.82 Å². The molecule has 0 atom stereocenters. The number of anilines is 1. The molecule has 0 saturated carbocycles. The van der Waals surface area contributed by atoms with Crippen molar-refractivity contribution in [3.63, 3.8) is 0 Å². The highest BCUT2D eigenvalue weighted by Crippen LogP contribution is 2.18. The average molecular weight is 481 g/mol. The Hall–Kier alpha value is -2.87. The molecule has 172 valence electrons. The van der Waals surface area contributed by atoms with Crippen molar-refractivity contribution < 1.29 is 9.42 Å². The second-order valence-corrected chi connectivity index (χ2v) is 8.04. The van der Waals surface area contributed by atoms with Gasteiger partial charge < -0.3 is 10.6 Å². The standard InChI is InChI=1S/C18H24N10O2S.ClH/c1-3-26-6-8-27(9-7-26)11-13-15(21-25-28(13)17-16(19)23-30-24-17)18(29)22-20-12(2)14-5-4-10-31-14;/h4-5,10H,3,6-9,11H2,1-2H3,(H2,19,23)(H,22,29);1H/b20-12-;. The second kappa shape index (κ2) is 10.6. The lowest BCUT2D eigenvalue weighted by molar-refractivity contribution is 0.0944. The van der Waals surface area contributed by atoms with E-state index in [4.69, 9.17) is 10.4 Å². The predicted molar refractivity (Wildman–Crippen MR) is 122 cm³/mol. The number of thiophene rings is 1. The number of hydrogen-bond donors (Lipinski definition) is 2. The van der Waals surface area contributed by atoms with E-state index < -0.39 is 5.91 Å². The van der Waals surface area contributed by atoms with E-state index in [1.807, 2.05) is 24.4 Å². The molecule has 12 nitrogen and oxygen atoms in total. The smallest absolute Gasteiger partial charge is 0.293 e. The van der Waals surface area contributed by atoms with Crippen LogP contribution in [0.5, 0.6) is 0 Å². The van der Waals surface area contributed by atoms with Crippen LogP contribution in [-0.4, -0.2) is 79.4 Å². The van der Waals surface area contributed by atoms with Crippen molar-refractivity contribution in [2.75, 3.05) is 38.5 Å². The van der Waals surface area contributed by atoms with Gasteiger partial charge in [0.25, 0.3) is 5.91 Å². The third-order valence-corrected chi connectivity index (χ3v) is 6.14. The fraction of sp³-hybridized carbons (Fsp3) is 0.444. The Morgan fingerprint density at radius 3 is 2.66 bits per heavy atom. The van der Waals surface area contributed by atoms with Gasteiger partial charge in [-0.3, -0.25) is 9.69 Å². The van der Waals surface area contributed by atoms with Crippen LogP contribution in [0, 0.1) is 0 Å². The second-order valence-electron chi connectivity index (χ2n) is 7.10.